The lowest BCUT2D eigenvalue weighted by Crippen LogP contribution is -2.57. The third-order valence-electron chi connectivity index (χ3n) is 5.37. The first kappa shape index (κ1) is 20.9. The van der Waals surface area contributed by atoms with Crippen LogP contribution in [0.4, 0.5) is 19.4 Å². The van der Waals surface area contributed by atoms with Crippen LogP contribution >= 0.6 is 15.9 Å². The number of aromatic nitrogens is 2. The number of benzene rings is 1. The molecule has 1 amide bonds. The molecule has 3 heterocycles. The molecule has 0 N–H and O–H groups in total. The van der Waals surface area contributed by atoms with Gasteiger partial charge in [-0.3, -0.25) is 9.69 Å². The number of halogens is 3. The molecule has 0 aliphatic carbocycles. The van der Waals surface area contributed by atoms with Gasteiger partial charge in [-0.15, -0.1) is 0 Å². The van der Waals surface area contributed by atoms with Crippen LogP contribution < -0.4 is 4.90 Å². The molecule has 2 aromatic rings. The number of carbonyl (C=O) groups excluding carboxylic acids is 2. The van der Waals surface area contributed by atoms with Gasteiger partial charge in [-0.05, 0) is 55.6 Å². The molecule has 2 bridgehead atoms. The summed E-state index contributed by atoms with van der Waals surface area (Å²) in [5.41, 5.74) is -0.709. The first-order chi connectivity index (χ1) is 14.1. The van der Waals surface area contributed by atoms with Crippen LogP contribution in [0.25, 0.3) is 10.9 Å². The van der Waals surface area contributed by atoms with E-state index in [-0.39, 0.29) is 44.9 Å². The van der Waals surface area contributed by atoms with Crippen molar-refractivity contribution in [1.82, 2.24) is 14.9 Å². The fourth-order valence-corrected chi connectivity index (χ4v) is 4.59. The third-order valence-corrected chi connectivity index (χ3v) is 6.17. The number of anilines is 1. The number of nitrogens with zero attached hydrogens (tertiary/aromatic N) is 4. The van der Waals surface area contributed by atoms with E-state index in [4.69, 9.17) is 4.74 Å². The third kappa shape index (κ3) is 3.61. The van der Waals surface area contributed by atoms with Gasteiger partial charge < -0.3 is 9.64 Å². The molecule has 1 aromatic heterocycles. The zero-order valence-electron chi connectivity index (χ0n) is 16.8. The highest BCUT2D eigenvalue weighted by atomic mass is 79.9. The van der Waals surface area contributed by atoms with E-state index in [1.165, 1.54) is 6.07 Å². The minimum absolute atomic E-state index is 0.0659. The maximum Gasteiger partial charge on any atom is 0.410 e. The lowest BCUT2D eigenvalue weighted by molar-refractivity contribution is 0.0122. The molecule has 0 saturated carbocycles. The smallest absolute Gasteiger partial charge is 0.410 e. The van der Waals surface area contributed by atoms with Crippen LogP contribution in [0.1, 0.15) is 44.0 Å². The largest absolute Gasteiger partial charge is 0.444 e. The molecule has 30 heavy (non-hydrogen) atoms. The Kier molecular flexibility index (Phi) is 5.16. The molecule has 160 valence electrons. The maximum atomic E-state index is 14.7. The van der Waals surface area contributed by atoms with E-state index in [9.17, 15) is 18.4 Å². The standard InChI is InChI=1S/C20H21BrF2N4O3/c1-20(2,3)30-19(29)27-11-4-5-12(27)8-26(7-11)17-13-6-10(9-28)14(21)15(22)16(13)24-18(23)25-17/h6,9,11-12H,4-5,7-8H2,1-3H3. The van der Waals surface area contributed by atoms with Crippen molar-refractivity contribution < 1.29 is 23.1 Å². The van der Waals surface area contributed by atoms with Crippen LogP contribution in [-0.4, -0.2) is 58.0 Å². The molecule has 2 atom stereocenters. The average Bonchev–Trinajstić information content (AvgIpc) is 2.93. The summed E-state index contributed by atoms with van der Waals surface area (Å²) >= 11 is 3.02. The van der Waals surface area contributed by atoms with Crippen molar-refractivity contribution in [3.05, 3.63) is 28.0 Å². The highest BCUT2D eigenvalue weighted by molar-refractivity contribution is 9.10. The van der Waals surface area contributed by atoms with Gasteiger partial charge in [-0.1, -0.05) is 0 Å². The summed E-state index contributed by atoms with van der Waals surface area (Å²) < 4.78 is 34.3. The van der Waals surface area contributed by atoms with Gasteiger partial charge in [0, 0.05) is 24.0 Å². The van der Waals surface area contributed by atoms with Crippen LogP contribution in [0.15, 0.2) is 10.5 Å². The summed E-state index contributed by atoms with van der Waals surface area (Å²) in [6.45, 7) is 6.24. The Morgan fingerprint density at radius 1 is 1.23 bits per heavy atom. The Bertz CT molecular complexity index is 1030. The van der Waals surface area contributed by atoms with Crippen molar-refractivity contribution in [2.75, 3.05) is 18.0 Å². The summed E-state index contributed by atoms with van der Waals surface area (Å²) in [5, 5.41) is 0.254. The predicted octanol–water partition coefficient (Wildman–Crippen LogP) is 4.07. The molecule has 2 fully saturated rings. The summed E-state index contributed by atoms with van der Waals surface area (Å²) in [6.07, 6.45) is 0.663. The molecule has 2 unspecified atom stereocenters. The number of piperazine rings is 1. The summed E-state index contributed by atoms with van der Waals surface area (Å²) in [5.74, 6) is -0.597. The molecular weight excluding hydrogens is 462 g/mol. The fraction of sp³-hybridized carbons (Fsp3) is 0.500. The fourth-order valence-electron chi connectivity index (χ4n) is 4.20. The van der Waals surface area contributed by atoms with E-state index in [0.29, 0.717) is 19.4 Å². The van der Waals surface area contributed by atoms with E-state index in [0.717, 1.165) is 12.8 Å². The van der Waals surface area contributed by atoms with Crippen LogP contribution in [0.5, 0.6) is 0 Å². The second-order valence-electron chi connectivity index (χ2n) is 8.60. The van der Waals surface area contributed by atoms with Crippen molar-refractivity contribution in [1.29, 1.82) is 0 Å². The lowest BCUT2D eigenvalue weighted by atomic mass is 10.1. The monoisotopic (exact) mass is 482 g/mol. The highest BCUT2D eigenvalue weighted by Crippen LogP contribution is 2.37. The molecule has 4 rings (SSSR count). The number of aldehydes is 1. The van der Waals surface area contributed by atoms with Gasteiger partial charge in [-0.25, -0.2) is 9.18 Å². The van der Waals surface area contributed by atoms with Gasteiger partial charge in [0.25, 0.3) is 0 Å². The number of ether oxygens (including phenoxy) is 1. The van der Waals surface area contributed by atoms with Gasteiger partial charge in [-0.2, -0.15) is 14.4 Å². The van der Waals surface area contributed by atoms with Gasteiger partial charge in [0.05, 0.1) is 16.6 Å². The predicted molar refractivity (Wildman–Crippen MR) is 110 cm³/mol. The highest BCUT2D eigenvalue weighted by Gasteiger charge is 2.45. The Balaban J connectivity index is 1.71. The zero-order valence-corrected chi connectivity index (χ0v) is 18.4. The van der Waals surface area contributed by atoms with E-state index in [2.05, 4.69) is 25.9 Å². The lowest BCUT2D eigenvalue weighted by Gasteiger charge is -2.42. The van der Waals surface area contributed by atoms with E-state index < -0.39 is 17.5 Å². The Morgan fingerprint density at radius 3 is 2.43 bits per heavy atom. The molecule has 0 spiro atoms. The molecule has 0 radical (unpaired) electrons. The Morgan fingerprint density at radius 2 is 1.87 bits per heavy atom. The van der Waals surface area contributed by atoms with Crippen LogP contribution in [0.2, 0.25) is 0 Å². The van der Waals surface area contributed by atoms with Crippen molar-refractivity contribution >= 4 is 45.0 Å². The topological polar surface area (TPSA) is 75.6 Å². The number of hydrogen-bond acceptors (Lipinski definition) is 6. The van der Waals surface area contributed by atoms with Crippen molar-refractivity contribution in [2.24, 2.45) is 0 Å². The number of hydrogen-bond donors (Lipinski definition) is 0. The first-order valence-corrected chi connectivity index (χ1v) is 10.4. The molecule has 2 aliphatic rings. The average molecular weight is 483 g/mol. The Hall–Kier alpha value is -2.36. The number of carbonyl (C=O) groups is 2. The zero-order chi connectivity index (χ0) is 21.8. The second-order valence-corrected chi connectivity index (χ2v) is 9.39. The van der Waals surface area contributed by atoms with Crippen LogP contribution in [-0.2, 0) is 4.74 Å². The number of amides is 1. The van der Waals surface area contributed by atoms with Gasteiger partial charge in [0.2, 0.25) is 0 Å². The maximum absolute atomic E-state index is 14.7. The van der Waals surface area contributed by atoms with Gasteiger partial charge in [0.1, 0.15) is 16.9 Å². The Labute approximate surface area is 180 Å². The molecule has 2 saturated heterocycles. The molecule has 7 nitrogen and oxygen atoms in total. The number of fused-ring (bicyclic) bond motifs is 3. The minimum atomic E-state index is -1.05. The second kappa shape index (κ2) is 7.40. The summed E-state index contributed by atoms with van der Waals surface area (Å²) in [6, 6.07) is 1.20. The summed E-state index contributed by atoms with van der Waals surface area (Å²) in [7, 11) is 0. The quantitative estimate of drug-likeness (QED) is 0.474. The molecule has 10 heteroatoms. The molecule has 1 aromatic carbocycles. The SMILES string of the molecule is CC(C)(C)OC(=O)N1C2CCC1CN(c1nc(F)nc3c(F)c(Br)c(C=O)cc13)C2. The van der Waals surface area contributed by atoms with Crippen molar-refractivity contribution in [3.63, 3.8) is 0 Å². The van der Waals surface area contributed by atoms with E-state index in [1.807, 2.05) is 25.7 Å². The van der Waals surface area contributed by atoms with Gasteiger partial charge in [0.15, 0.2) is 12.1 Å². The van der Waals surface area contributed by atoms with E-state index >= 15 is 0 Å². The van der Waals surface area contributed by atoms with Gasteiger partial charge >= 0.3 is 12.2 Å². The molecule has 2 aliphatic heterocycles. The number of rotatable bonds is 2. The van der Waals surface area contributed by atoms with Crippen LogP contribution in [0.3, 0.4) is 0 Å². The molecular formula is C20H21BrF2N4O3. The normalized spacial score (nSPS) is 21.3. The van der Waals surface area contributed by atoms with Crippen molar-refractivity contribution in [2.45, 2.75) is 51.3 Å². The first-order valence-electron chi connectivity index (χ1n) is 9.65. The van der Waals surface area contributed by atoms with Crippen LogP contribution in [0, 0.1) is 11.9 Å². The minimum Gasteiger partial charge on any atom is -0.444 e. The van der Waals surface area contributed by atoms with E-state index in [1.54, 1.807) is 4.90 Å². The summed E-state index contributed by atoms with van der Waals surface area (Å²) in [4.78, 5) is 35.1. The van der Waals surface area contributed by atoms with Crippen molar-refractivity contribution in [3.8, 4) is 0 Å².